The van der Waals surface area contributed by atoms with Crippen molar-refractivity contribution in [3.05, 3.63) is 71.1 Å². The zero-order chi connectivity index (χ0) is 14.4. The first kappa shape index (κ1) is 11.9. The van der Waals surface area contributed by atoms with E-state index in [0.717, 1.165) is 22.2 Å². The minimum atomic E-state index is -0.325. The molecule has 0 bridgehead atoms. The molecule has 4 nitrogen and oxygen atoms in total. The highest BCUT2D eigenvalue weighted by Gasteiger charge is 2.10. The Labute approximate surface area is 120 Å². The molecular weight excluding hydrogens is 264 g/mol. The number of hydrogen-bond acceptors (Lipinski definition) is 3. The van der Waals surface area contributed by atoms with Crippen molar-refractivity contribution in [3.63, 3.8) is 0 Å². The highest BCUT2D eigenvalue weighted by molar-refractivity contribution is 5.82. The van der Waals surface area contributed by atoms with E-state index in [1.807, 2.05) is 54.0 Å². The molecule has 0 atom stereocenters. The van der Waals surface area contributed by atoms with Gasteiger partial charge in [0.2, 0.25) is 0 Å². The molecule has 0 unspecified atom stereocenters. The Bertz CT molecular complexity index is 1030. The molecule has 0 spiro atoms. The Balaban J connectivity index is 1.99. The van der Waals surface area contributed by atoms with Gasteiger partial charge in [0, 0.05) is 23.3 Å². The zero-order valence-electron chi connectivity index (χ0n) is 11.4. The average molecular weight is 276 g/mol. The van der Waals surface area contributed by atoms with Gasteiger partial charge in [-0.05, 0) is 25.1 Å². The Hall–Kier alpha value is -2.88. The lowest BCUT2D eigenvalue weighted by Crippen LogP contribution is -2.01. The van der Waals surface area contributed by atoms with Crippen molar-refractivity contribution in [3.8, 4) is 11.1 Å². The van der Waals surface area contributed by atoms with Gasteiger partial charge in [-0.25, -0.2) is 4.79 Å². The molecule has 3 aromatic heterocycles. The summed E-state index contributed by atoms with van der Waals surface area (Å²) in [5.74, 6) is 0. The van der Waals surface area contributed by atoms with Crippen molar-refractivity contribution in [2.75, 3.05) is 0 Å². The van der Waals surface area contributed by atoms with Crippen LogP contribution in [0.4, 0.5) is 0 Å². The van der Waals surface area contributed by atoms with Gasteiger partial charge in [0.05, 0.1) is 23.0 Å². The first-order chi connectivity index (χ1) is 10.2. The first-order valence-electron chi connectivity index (χ1n) is 6.68. The zero-order valence-corrected chi connectivity index (χ0v) is 11.4. The lowest BCUT2D eigenvalue weighted by Gasteiger charge is -1.99. The summed E-state index contributed by atoms with van der Waals surface area (Å²) >= 11 is 0. The number of nitrogens with zero attached hydrogens (tertiary/aromatic N) is 2. The molecule has 3 heterocycles. The molecule has 0 amide bonds. The fourth-order valence-electron chi connectivity index (χ4n) is 2.52. The number of benzene rings is 1. The topological polar surface area (TPSA) is 47.5 Å². The van der Waals surface area contributed by atoms with Gasteiger partial charge in [0.1, 0.15) is 5.58 Å². The van der Waals surface area contributed by atoms with Gasteiger partial charge in [-0.3, -0.25) is 4.98 Å². The predicted molar refractivity (Wildman–Crippen MR) is 81.4 cm³/mol. The quantitative estimate of drug-likeness (QED) is 0.500. The van der Waals surface area contributed by atoms with Crippen LogP contribution >= 0.6 is 0 Å². The standard InChI is InChI=1S/C17H12N2O2/c1-11-9-19-10-13(6-14(19)8-18-11)15-7-12-4-2-3-5-16(12)21-17(15)20/h2-10H,1H3. The maximum atomic E-state index is 12.2. The van der Waals surface area contributed by atoms with Gasteiger partial charge >= 0.3 is 5.63 Å². The summed E-state index contributed by atoms with van der Waals surface area (Å²) in [7, 11) is 0. The van der Waals surface area contributed by atoms with Crippen LogP contribution in [0.25, 0.3) is 27.6 Å². The Morgan fingerprint density at radius 2 is 2.00 bits per heavy atom. The van der Waals surface area contributed by atoms with Gasteiger partial charge in [-0.2, -0.15) is 0 Å². The van der Waals surface area contributed by atoms with E-state index in [-0.39, 0.29) is 5.63 Å². The summed E-state index contributed by atoms with van der Waals surface area (Å²) in [6, 6.07) is 11.3. The van der Waals surface area contributed by atoms with Crippen molar-refractivity contribution in [2.45, 2.75) is 6.92 Å². The summed E-state index contributed by atoms with van der Waals surface area (Å²) < 4.78 is 7.35. The van der Waals surface area contributed by atoms with Crippen LogP contribution in [0.15, 0.2) is 64.2 Å². The number of rotatable bonds is 1. The second-order valence-corrected chi connectivity index (χ2v) is 5.07. The highest BCUT2D eigenvalue weighted by atomic mass is 16.4. The second-order valence-electron chi connectivity index (χ2n) is 5.07. The van der Waals surface area contributed by atoms with E-state index >= 15 is 0 Å². The maximum absolute atomic E-state index is 12.2. The molecule has 0 aliphatic carbocycles. The van der Waals surface area contributed by atoms with Gasteiger partial charge in [-0.1, -0.05) is 18.2 Å². The highest BCUT2D eigenvalue weighted by Crippen LogP contribution is 2.23. The fraction of sp³-hybridized carbons (Fsp3) is 0.0588. The number of aromatic nitrogens is 2. The van der Waals surface area contributed by atoms with Crippen molar-refractivity contribution < 1.29 is 4.42 Å². The Morgan fingerprint density at radius 1 is 1.14 bits per heavy atom. The van der Waals surface area contributed by atoms with Crippen LogP contribution in [-0.4, -0.2) is 9.38 Å². The van der Waals surface area contributed by atoms with Crippen LogP contribution in [0, 0.1) is 6.92 Å². The molecular formula is C17H12N2O2. The van der Waals surface area contributed by atoms with E-state index in [4.69, 9.17) is 4.42 Å². The summed E-state index contributed by atoms with van der Waals surface area (Å²) in [5.41, 5.74) is 3.55. The van der Waals surface area contributed by atoms with Crippen LogP contribution in [0.1, 0.15) is 5.69 Å². The molecule has 0 saturated carbocycles. The summed E-state index contributed by atoms with van der Waals surface area (Å²) in [6.45, 7) is 1.93. The summed E-state index contributed by atoms with van der Waals surface area (Å²) in [4.78, 5) is 16.5. The molecule has 4 rings (SSSR count). The van der Waals surface area contributed by atoms with Crippen LogP contribution in [0.2, 0.25) is 0 Å². The number of aryl methyl sites for hydroxylation is 1. The molecule has 0 saturated heterocycles. The van der Waals surface area contributed by atoms with Crippen molar-refractivity contribution in [2.24, 2.45) is 0 Å². The molecule has 0 aliphatic rings. The monoisotopic (exact) mass is 276 g/mol. The third-order valence-electron chi connectivity index (χ3n) is 3.56. The normalized spacial score (nSPS) is 11.3. The van der Waals surface area contributed by atoms with Gasteiger partial charge < -0.3 is 8.82 Å². The molecule has 0 fully saturated rings. The fourth-order valence-corrected chi connectivity index (χ4v) is 2.52. The maximum Gasteiger partial charge on any atom is 0.344 e. The third kappa shape index (κ3) is 1.92. The third-order valence-corrected chi connectivity index (χ3v) is 3.56. The number of hydrogen-bond donors (Lipinski definition) is 0. The lowest BCUT2D eigenvalue weighted by molar-refractivity contribution is 0.563. The summed E-state index contributed by atoms with van der Waals surface area (Å²) in [6.07, 6.45) is 5.65. The summed E-state index contributed by atoms with van der Waals surface area (Å²) in [5, 5.41) is 0.914. The van der Waals surface area contributed by atoms with E-state index < -0.39 is 0 Å². The molecule has 4 heteroatoms. The van der Waals surface area contributed by atoms with E-state index in [0.29, 0.717) is 11.1 Å². The van der Waals surface area contributed by atoms with Gasteiger partial charge in [0.15, 0.2) is 0 Å². The van der Waals surface area contributed by atoms with Crippen molar-refractivity contribution >= 4 is 16.5 Å². The van der Waals surface area contributed by atoms with E-state index in [1.54, 1.807) is 12.3 Å². The molecule has 1 aromatic carbocycles. The second kappa shape index (κ2) is 4.31. The molecule has 102 valence electrons. The molecule has 4 aromatic rings. The average Bonchev–Trinajstić information content (AvgIpc) is 2.89. The molecule has 0 radical (unpaired) electrons. The van der Waals surface area contributed by atoms with Crippen LogP contribution in [0.3, 0.4) is 0 Å². The molecule has 0 N–H and O–H groups in total. The predicted octanol–water partition coefficient (Wildman–Crippen LogP) is 3.42. The first-order valence-corrected chi connectivity index (χ1v) is 6.68. The van der Waals surface area contributed by atoms with Crippen LogP contribution < -0.4 is 5.63 Å². The van der Waals surface area contributed by atoms with E-state index in [9.17, 15) is 4.79 Å². The van der Waals surface area contributed by atoms with Gasteiger partial charge in [0.25, 0.3) is 0 Å². The van der Waals surface area contributed by atoms with E-state index in [2.05, 4.69) is 4.98 Å². The minimum absolute atomic E-state index is 0.325. The smallest absolute Gasteiger partial charge is 0.344 e. The number of fused-ring (bicyclic) bond motifs is 2. The number of para-hydroxylation sites is 1. The molecule has 0 aliphatic heterocycles. The molecule has 21 heavy (non-hydrogen) atoms. The Kier molecular flexibility index (Phi) is 2.44. The van der Waals surface area contributed by atoms with Crippen LogP contribution in [-0.2, 0) is 0 Å². The minimum Gasteiger partial charge on any atom is -0.422 e. The largest absolute Gasteiger partial charge is 0.422 e. The van der Waals surface area contributed by atoms with Crippen molar-refractivity contribution in [1.29, 1.82) is 0 Å². The van der Waals surface area contributed by atoms with Crippen LogP contribution in [0.5, 0.6) is 0 Å². The Morgan fingerprint density at radius 3 is 2.90 bits per heavy atom. The van der Waals surface area contributed by atoms with E-state index in [1.165, 1.54) is 0 Å². The lowest BCUT2D eigenvalue weighted by atomic mass is 10.1. The van der Waals surface area contributed by atoms with Gasteiger partial charge in [-0.15, -0.1) is 0 Å². The van der Waals surface area contributed by atoms with Crippen molar-refractivity contribution in [1.82, 2.24) is 9.38 Å². The SMILES string of the molecule is Cc1cn2cc(-c3cc4ccccc4oc3=O)cc2cn1.